The quantitative estimate of drug-likeness (QED) is 0.848. The molecule has 19 heavy (non-hydrogen) atoms. The summed E-state index contributed by atoms with van der Waals surface area (Å²) in [5, 5.41) is 13.6. The minimum absolute atomic E-state index is 0.241. The minimum Gasteiger partial charge on any atom is -0.507 e. The Hall–Kier alpha value is -1.03. The van der Waals surface area contributed by atoms with Crippen LogP contribution in [0.5, 0.6) is 5.75 Å². The molecule has 0 radical (unpaired) electrons. The van der Waals surface area contributed by atoms with Crippen LogP contribution in [-0.2, 0) is 6.54 Å². The van der Waals surface area contributed by atoms with Gasteiger partial charge in [-0.25, -0.2) is 0 Å². The number of rotatable bonds is 4. The van der Waals surface area contributed by atoms with Crippen molar-refractivity contribution < 1.29 is 5.11 Å². The maximum Gasteiger partial charge on any atom is 0.129 e. The van der Waals surface area contributed by atoms with Crippen molar-refractivity contribution in [2.45, 2.75) is 19.5 Å². The molecule has 0 spiro atoms. The minimum atomic E-state index is 0.241. The highest BCUT2D eigenvalue weighted by atomic mass is 79.9. The Kier molecular flexibility index (Phi) is 4.86. The maximum absolute atomic E-state index is 9.45. The highest BCUT2D eigenvalue weighted by Gasteiger charge is 2.05. The van der Waals surface area contributed by atoms with Gasteiger partial charge in [-0.05, 0) is 58.2 Å². The van der Waals surface area contributed by atoms with Gasteiger partial charge in [-0.15, -0.1) is 0 Å². The largest absolute Gasteiger partial charge is 0.507 e. The summed E-state index contributed by atoms with van der Waals surface area (Å²) in [7, 11) is 0. The lowest BCUT2D eigenvalue weighted by molar-refractivity contribution is 0.471. The normalized spacial score (nSPS) is 12.4. The lowest BCUT2D eigenvalue weighted by Crippen LogP contribution is -2.17. The number of phenols is 1. The fourth-order valence-electron chi connectivity index (χ4n) is 1.80. The number of nitrogens with one attached hydrogen (secondary N) is 1. The van der Waals surface area contributed by atoms with E-state index in [0.29, 0.717) is 4.47 Å². The summed E-state index contributed by atoms with van der Waals surface area (Å²) in [6, 6.07) is 13.6. The molecular formula is C15H15BrClNO. The van der Waals surface area contributed by atoms with Crippen LogP contribution in [0.1, 0.15) is 24.1 Å². The van der Waals surface area contributed by atoms with Gasteiger partial charge in [-0.3, -0.25) is 0 Å². The van der Waals surface area contributed by atoms with Gasteiger partial charge in [0, 0.05) is 17.6 Å². The Balaban J connectivity index is 1.98. The van der Waals surface area contributed by atoms with E-state index in [1.54, 1.807) is 6.07 Å². The Morgan fingerprint density at radius 3 is 2.53 bits per heavy atom. The first-order valence-corrected chi connectivity index (χ1v) is 7.19. The van der Waals surface area contributed by atoms with Crippen LogP contribution >= 0.6 is 27.5 Å². The third-order valence-electron chi connectivity index (χ3n) is 2.99. The van der Waals surface area contributed by atoms with Crippen molar-refractivity contribution in [2.75, 3.05) is 0 Å². The van der Waals surface area contributed by atoms with Crippen molar-refractivity contribution in [3.8, 4) is 5.75 Å². The fraction of sp³-hybridized carbons (Fsp3) is 0.200. The number of hydrogen-bond donors (Lipinski definition) is 2. The second kappa shape index (κ2) is 6.42. The molecule has 0 bridgehead atoms. The topological polar surface area (TPSA) is 32.3 Å². The molecule has 2 aromatic carbocycles. The number of phenolic OH excluding ortho intramolecular Hbond substituents is 1. The Morgan fingerprint density at radius 1 is 1.21 bits per heavy atom. The number of hydrogen-bond acceptors (Lipinski definition) is 2. The van der Waals surface area contributed by atoms with Gasteiger partial charge in [0.05, 0.1) is 4.47 Å². The van der Waals surface area contributed by atoms with Crippen molar-refractivity contribution in [3.05, 3.63) is 63.1 Å². The zero-order valence-electron chi connectivity index (χ0n) is 10.5. The molecule has 100 valence electrons. The fourth-order valence-corrected chi connectivity index (χ4v) is 2.35. The second-order valence-corrected chi connectivity index (χ2v) is 5.73. The summed E-state index contributed by atoms with van der Waals surface area (Å²) in [6.45, 7) is 2.85. The van der Waals surface area contributed by atoms with Gasteiger partial charge in [-0.1, -0.05) is 29.8 Å². The molecule has 0 amide bonds. The van der Waals surface area contributed by atoms with Crippen molar-refractivity contribution in [3.63, 3.8) is 0 Å². The lowest BCUT2D eigenvalue weighted by atomic mass is 10.1. The highest BCUT2D eigenvalue weighted by Crippen LogP contribution is 2.24. The van der Waals surface area contributed by atoms with E-state index < -0.39 is 0 Å². The van der Waals surface area contributed by atoms with E-state index in [0.717, 1.165) is 17.1 Å². The molecule has 2 nitrogen and oxygen atoms in total. The Bertz CT molecular complexity index is 557. The molecule has 2 rings (SSSR count). The predicted octanol–water partition coefficient (Wildman–Crippen LogP) is 4.66. The SMILES string of the molecule is C[C@H](NCc1ccc(O)c(Br)c1)c1ccc(Cl)cc1. The summed E-state index contributed by atoms with van der Waals surface area (Å²) in [4.78, 5) is 0. The molecule has 2 aromatic rings. The predicted molar refractivity (Wildman–Crippen MR) is 82.5 cm³/mol. The summed E-state index contributed by atoms with van der Waals surface area (Å²) >= 11 is 9.19. The molecule has 0 fully saturated rings. The maximum atomic E-state index is 9.45. The molecule has 1 atom stereocenters. The van der Waals surface area contributed by atoms with Gasteiger partial charge in [0.25, 0.3) is 0 Å². The van der Waals surface area contributed by atoms with Gasteiger partial charge in [0.2, 0.25) is 0 Å². The van der Waals surface area contributed by atoms with Gasteiger partial charge in [0.15, 0.2) is 0 Å². The van der Waals surface area contributed by atoms with Crippen molar-refractivity contribution in [1.82, 2.24) is 5.32 Å². The molecule has 0 aromatic heterocycles. The van der Waals surface area contributed by atoms with Crippen LogP contribution in [-0.4, -0.2) is 5.11 Å². The first-order chi connectivity index (χ1) is 9.06. The molecule has 4 heteroatoms. The van der Waals surface area contributed by atoms with E-state index in [2.05, 4.69) is 28.2 Å². The van der Waals surface area contributed by atoms with E-state index in [4.69, 9.17) is 11.6 Å². The van der Waals surface area contributed by atoms with Crippen LogP contribution < -0.4 is 5.32 Å². The standard InChI is InChI=1S/C15H15BrClNO/c1-10(12-3-5-13(17)6-4-12)18-9-11-2-7-15(19)14(16)8-11/h2-8,10,18-19H,9H2,1H3/t10-/m0/s1. The Labute approximate surface area is 126 Å². The molecule has 0 aliphatic heterocycles. The summed E-state index contributed by atoms with van der Waals surface area (Å²) in [6.07, 6.45) is 0. The number of benzene rings is 2. The zero-order chi connectivity index (χ0) is 13.8. The second-order valence-electron chi connectivity index (χ2n) is 4.44. The van der Waals surface area contributed by atoms with Crippen molar-refractivity contribution >= 4 is 27.5 Å². The van der Waals surface area contributed by atoms with E-state index in [9.17, 15) is 5.11 Å². The van der Waals surface area contributed by atoms with Gasteiger partial charge < -0.3 is 10.4 Å². The van der Waals surface area contributed by atoms with Gasteiger partial charge in [-0.2, -0.15) is 0 Å². The van der Waals surface area contributed by atoms with E-state index in [1.807, 2.05) is 36.4 Å². The van der Waals surface area contributed by atoms with Crippen LogP contribution in [0.4, 0.5) is 0 Å². The summed E-state index contributed by atoms with van der Waals surface area (Å²) in [5.74, 6) is 0.259. The monoisotopic (exact) mass is 339 g/mol. The molecule has 0 heterocycles. The number of aromatic hydroxyl groups is 1. The lowest BCUT2D eigenvalue weighted by Gasteiger charge is -2.14. The number of halogens is 2. The Morgan fingerprint density at radius 2 is 1.89 bits per heavy atom. The molecule has 0 saturated carbocycles. The van der Waals surface area contributed by atoms with E-state index in [1.165, 1.54) is 5.56 Å². The zero-order valence-corrected chi connectivity index (χ0v) is 12.9. The molecular weight excluding hydrogens is 326 g/mol. The summed E-state index contributed by atoms with van der Waals surface area (Å²) in [5.41, 5.74) is 2.31. The van der Waals surface area contributed by atoms with Gasteiger partial charge >= 0.3 is 0 Å². The van der Waals surface area contributed by atoms with Crippen LogP contribution in [0.3, 0.4) is 0 Å². The highest BCUT2D eigenvalue weighted by molar-refractivity contribution is 9.10. The van der Waals surface area contributed by atoms with Crippen LogP contribution in [0.25, 0.3) is 0 Å². The van der Waals surface area contributed by atoms with Crippen LogP contribution in [0, 0.1) is 0 Å². The molecule has 0 aliphatic carbocycles. The first-order valence-electron chi connectivity index (χ1n) is 6.02. The van der Waals surface area contributed by atoms with Crippen molar-refractivity contribution in [1.29, 1.82) is 0 Å². The molecule has 2 N–H and O–H groups in total. The van der Waals surface area contributed by atoms with Gasteiger partial charge in [0.1, 0.15) is 5.75 Å². The van der Waals surface area contributed by atoms with Crippen molar-refractivity contribution in [2.24, 2.45) is 0 Å². The third-order valence-corrected chi connectivity index (χ3v) is 3.88. The van der Waals surface area contributed by atoms with E-state index in [-0.39, 0.29) is 11.8 Å². The smallest absolute Gasteiger partial charge is 0.129 e. The third kappa shape index (κ3) is 3.96. The van der Waals surface area contributed by atoms with Crippen LogP contribution in [0.15, 0.2) is 46.9 Å². The molecule has 0 aliphatic rings. The first kappa shape index (κ1) is 14.4. The van der Waals surface area contributed by atoms with E-state index >= 15 is 0 Å². The molecule has 0 saturated heterocycles. The average molecular weight is 341 g/mol. The molecule has 0 unspecified atom stereocenters. The average Bonchev–Trinajstić information content (AvgIpc) is 2.40. The van der Waals surface area contributed by atoms with Crippen LogP contribution in [0.2, 0.25) is 5.02 Å². The summed E-state index contributed by atoms with van der Waals surface area (Å²) < 4.78 is 0.714.